The Bertz CT molecular complexity index is 489. The van der Waals surface area contributed by atoms with Gasteiger partial charge in [0.05, 0.1) is 0 Å². The third-order valence-electron chi connectivity index (χ3n) is 5.53. The molecule has 1 aromatic carbocycles. The summed E-state index contributed by atoms with van der Waals surface area (Å²) >= 11 is 0. The van der Waals surface area contributed by atoms with Crippen LogP contribution in [0.5, 0.6) is 0 Å². The highest BCUT2D eigenvalue weighted by molar-refractivity contribution is 5.94. The molecule has 0 spiro atoms. The highest BCUT2D eigenvalue weighted by atomic mass is 16.2. The lowest BCUT2D eigenvalue weighted by Gasteiger charge is -2.21. The van der Waals surface area contributed by atoms with Gasteiger partial charge in [0.1, 0.15) is 0 Å². The van der Waals surface area contributed by atoms with E-state index >= 15 is 0 Å². The zero-order valence-corrected chi connectivity index (χ0v) is 17.7. The van der Waals surface area contributed by atoms with Crippen LogP contribution in [0.2, 0.25) is 0 Å². The number of nitrogens with one attached hydrogen (secondary N) is 1. The van der Waals surface area contributed by atoms with Gasteiger partial charge in [-0.25, -0.2) is 0 Å². The van der Waals surface area contributed by atoms with Crippen LogP contribution >= 0.6 is 0 Å². The first-order chi connectivity index (χ1) is 12.5. The van der Waals surface area contributed by atoms with E-state index in [9.17, 15) is 4.79 Å². The Morgan fingerprint density at radius 1 is 0.808 bits per heavy atom. The van der Waals surface area contributed by atoms with Crippen molar-refractivity contribution < 1.29 is 4.79 Å². The van der Waals surface area contributed by atoms with E-state index in [0.717, 1.165) is 18.5 Å². The summed E-state index contributed by atoms with van der Waals surface area (Å²) in [5.41, 5.74) is 1.97. The molecule has 0 saturated heterocycles. The summed E-state index contributed by atoms with van der Waals surface area (Å²) in [4.78, 5) is 12.2. The highest BCUT2D eigenvalue weighted by Crippen LogP contribution is 2.22. The van der Waals surface area contributed by atoms with E-state index in [4.69, 9.17) is 0 Å². The van der Waals surface area contributed by atoms with Crippen LogP contribution < -0.4 is 5.32 Å². The minimum absolute atomic E-state index is 0.0995. The number of carbonyl (C=O) groups is 1. The molecule has 26 heavy (non-hydrogen) atoms. The summed E-state index contributed by atoms with van der Waals surface area (Å²) in [6.07, 6.45) is 15.8. The Balaban J connectivity index is 2.14. The molecule has 1 rings (SSSR count). The van der Waals surface area contributed by atoms with Gasteiger partial charge >= 0.3 is 0 Å². The standard InChI is InChI=1S/C24H41NO/c1-5-7-8-9-10-11-12-13-14-15-16-21-17-19-22(20-18-21)25-23(26)24(3,4)6-2/h17-20H,5-16H2,1-4H3,(H,25,26). The third-order valence-corrected chi connectivity index (χ3v) is 5.53. The number of rotatable bonds is 14. The molecule has 0 aliphatic carbocycles. The van der Waals surface area contributed by atoms with Gasteiger partial charge in [-0.2, -0.15) is 0 Å². The molecule has 0 aromatic heterocycles. The molecule has 2 nitrogen and oxygen atoms in total. The van der Waals surface area contributed by atoms with Gasteiger partial charge in [0.25, 0.3) is 0 Å². The molecule has 0 atom stereocenters. The Morgan fingerprint density at radius 2 is 1.31 bits per heavy atom. The van der Waals surface area contributed by atoms with Gasteiger partial charge in [-0.1, -0.05) is 97.6 Å². The lowest BCUT2D eigenvalue weighted by atomic mass is 9.89. The van der Waals surface area contributed by atoms with Crippen molar-refractivity contribution in [3.63, 3.8) is 0 Å². The van der Waals surface area contributed by atoms with Crippen molar-refractivity contribution in [2.75, 3.05) is 5.32 Å². The quantitative estimate of drug-likeness (QED) is 0.342. The molecule has 0 bridgehead atoms. The van der Waals surface area contributed by atoms with E-state index < -0.39 is 0 Å². The number of benzene rings is 1. The van der Waals surface area contributed by atoms with Crippen molar-refractivity contribution >= 4 is 11.6 Å². The molecule has 0 unspecified atom stereocenters. The summed E-state index contributed by atoms with van der Waals surface area (Å²) in [5, 5.41) is 3.03. The maximum Gasteiger partial charge on any atom is 0.230 e. The highest BCUT2D eigenvalue weighted by Gasteiger charge is 2.25. The number of anilines is 1. The van der Waals surface area contributed by atoms with Crippen molar-refractivity contribution in [3.8, 4) is 0 Å². The summed E-state index contributed by atoms with van der Waals surface area (Å²) in [6, 6.07) is 8.38. The van der Waals surface area contributed by atoms with Gasteiger partial charge in [-0.05, 0) is 37.0 Å². The van der Waals surface area contributed by atoms with Crippen LogP contribution in [-0.2, 0) is 11.2 Å². The Labute approximate surface area is 162 Å². The minimum Gasteiger partial charge on any atom is -0.326 e. The number of hydrogen-bond acceptors (Lipinski definition) is 1. The van der Waals surface area contributed by atoms with Gasteiger partial charge < -0.3 is 5.32 Å². The molecule has 1 amide bonds. The summed E-state index contributed by atoms with van der Waals surface area (Å²) in [6.45, 7) is 8.30. The van der Waals surface area contributed by atoms with E-state index in [1.54, 1.807) is 0 Å². The number of hydrogen-bond donors (Lipinski definition) is 1. The molecule has 0 saturated carbocycles. The molecule has 2 heteroatoms. The summed E-state index contributed by atoms with van der Waals surface area (Å²) < 4.78 is 0. The summed E-state index contributed by atoms with van der Waals surface area (Å²) in [5.74, 6) is 0.0995. The van der Waals surface area contributed by atoms with Crippen LogP contribution in [-0.4, -0.2) is 5.91 Å². The van der Waals surface area contributed by atoms with Gasteiger partial charge in [0.2, 0.25) is 5.91 Å². The fraction of sp³-hybridized carbons (Fsp3) is 0.708. The van der Waals surface area contributed by atoms with Crippen LogP contribution in [0, 0.1) is 5.41 Å². The lowest BCUT2D eigenvalue weighted by molar-refractivity contribution is -0.124. The van der Waals surface area contributed by atoms with E-state index in [2.05, 4.69) is 31.3 Å². The van der Waals surface area contributed by atoms with Gasteiger partial charge in [-0.15, -0.1) is 0 Å². The zero-order chi connectivity index (χ0) is 19.3. The predicted molar refractivity (Wildman–Crippen MR) is 115 cm³/mol. The zero-order valence-electron chi connectivity index (χ0n) is 17.7. The average Bonchev–Trinajstić information content (AvgIpc) is 2.64. The fourth-order valence-electron chi connectivity index (χ4n) is 3.03. The Morgan fingerprint density at radius 3 is 1.81 bits per heavy atom. The Kier molecular flexibility index (Phi) is 11.3. The molecule has 0 aliphatic heterocycles. The third kappa shape index (κ3) is 9.40. The maximum absolute atomic E-state index is 12.2. The smallest absolute Gasteiger partial charge is 0.230 e. The number of amides is 1. The van der Waals surface area contributed by atoms with Crippen LogP contribution in [0.4, 0.5) is 5.69 Å². The number of unbranched alkanes of at least 4 members (excludes halogenated alkanes) is 9. The molecule has 1 aromatic rings. The van der Waals surface area contributed by atoms with Gasteiger partial charge in [0.15, 0.2) is 0 Å². The average molecular weight is 360 g/mol. The maximum atomic E-state index is 12.2. The summed E-state index contributed by atoms with van der Waals surface area (Å²) in [7, 11) is 0. The van der Waals surface area contributed by atoms with Crippen LogP contribution in [0.15, 0.2) is 24.3 Å². The minimum atomic E-state index is -0.311. The first-order valence-corrected chi connectivity index (χ1v) is 10.9. The first-order valence-electron chi connectivity index (χ1n) is 10.9. The monoisotopic (exact) mass is 359 g/mol. The molecule has 0 heterocycles. The molecular formula is C24H41NO. The molecule has 1 N–H and O–H groups in total. The SMILES string of the molecule is CCCCCCCCCCCCc1ccc(NC(=O)C(C)(C)CC)cc1. The van der Waals surface area contributed by atoms with E-state index in [1.807, 2.05) is 26.0 Å². The molecule has 0 aliphatic rings. The van der Waals surface area contributed by atoms with Crippen molar-refractivity contribution in [2.24, 2.45) is 5.41 Å². The Hall–Kier alpha value is -1.31. The first kappa shape index (κ1) is 22.7. The van der Waals surface area contributed by atoms with Crippen LogP contribution in [0.1, 0.15) is 104 Å². The second kappa shape index (κ2) is 12.9. The van der Waals surface area contributed by atoms with Crippen molar-refractivity contribution in [3.05, 3.63) is 29.8 Å². The van der Waals surface area contributed by atoms with Crippen LogP contribution in [0.3, 0.4) is 0 Å². The van der Waals surface area contributed by atoms with Crippen molar-refractivity contribution in [1.29, 1.82) is 0 Å². The number of carbonyl (C=O) groups excluding carboxylic acids is 1. The van der Waals surface area contributed by atoms with E-state index in [-0.39, 0.29) is 11.3 Å². The predicted octanol–water partition coefficient (Wildman–Crippen LogP) is 7.52. The molecule has 0 radical (unpaired) electrons. The van der Waals surface area contributed by atoms with Gasteiger partial charge in [-0.3, -0.25) is 4.79 Å². The normalized spacial score (nSPS) is 11.5. The van der Waals surface area contributed by atoms with Crippen molar-refractivity contribution in [2.45, 2.75) is 105 Å². The topological polar surface area (TPSA) is 29.1 Å². The van der Waals surface area contributed by atoms with Crippen LogP contribution in [0.25, 0.3) is 0 Å². The van der Waals surface area contributed by atoms with Crippen molar-refractivity contribution in [1.82, 2.24) is 0 Å². The fourth-order valence-corrected chi connectivity index (χ4v) is 3.03. The second-order valence-electron chi connectivity index (χ2n) is 8.32. The second-order valence-corrected chi connectivity index (χ2v) is 8.32. The van der Waals surface area contributed by atoms with E-state index in [1.165, 1.54) is 69.8 Å². The van der Waals surface area contributed by atoms with E-state index in [0.29, 0.717) is 0 Å². The van der Waals surface area contributed by atoms with Gasteiger partial charge in [0, 0.05) is 11.1 Å². The molecule has 148 valence electrons. The molecular weight excluding hydrogens is 318 g/mol. The molecule has 0 fully saturated rings. The lowest BCUT2D eigenvalue weighted by Crippen LogP contribution is -2.29. The number of aryl methyl sites for hydroxylation is 1. The largest absolute Gasteiger partial charge is 0.326 e.